The number of hydrogen-bond donors (Lipinski definition) is 2. The van der Waals surface area contributed by atoms with Crippen LogP contribution in [-0.2, 0) is 4.79 Å². The van der Waals surface area contributed by atoms with E-state index >= 15 is 0 Å². The summed E-state index contributed by atoms with van der Waals surface area (Å²) in [6.07, 6.45) is 10.7. The van der Waals surface area contributed by atoms with Gasteiger partial charge < -0.3 is 15.5 Å². The predicted molar refractivity (Wildman–Crippen MR) is 80.3 cm³/mol. The average Bonchev–Trinajstić information content (AvgIpc) is 3.13. The Labute approximate surface area is 121 Å². The highest BCUT2D eigenvalue weighted by atomic mass is 16.2. The number of nitrogens with one attached hydrogen (secondary N) is 2. The van der Waals surface area contributed by atoms with Crippen molar-refractivity contribution in [2.75, 3.05) is 26.7 Å². The summed E-state index contributed by atoms with van der Waals surface area (Å²) in [5.74, 6) is 3.85. The van der Waals surface area contributed by atoms with Crippen molar-refractivity contribution in [1.82, 2.24) is 15.5 Å². The van der Waals surface area contributed by atoms with Gasteiger partial charge in [-0.05, 0) is 19.3 Å². The number of carbonyl (C=O) groups is 1. The van der Waals surface area contributed by atoms with Gasteiger partial charge in [-0.1, -0.05) is 18.8 Å². The lowest BCUT2D eigenvalue weighted by Crippen LogP contribution is -2.45. The van der Waals surface area contributed by atoms with Gasteiger partial charge in [0.05, 0.1) is 6.54 Å². The summed E-state index contributed by atoms with van der Waals surface area (Å²) < 4.78 is 0. The number of terminal acetylenes is 1. The largest absolute Gasteiger partial charge is 0.352 e. The Bertz CT molecular complexity index is 407. The second-order valence-corrected chi connectivity index (χ2v) is 5.53. The molecule has 2 rings (SSSR count). The molecule has 1 saturated carbocycles. The zero-order chi connectivity index (χ0) is 14.4. The molecule has 0 bridgehead atoms. The molecule has 110 valence electrons. The molecule has 1 aliphatic heterocycles. The van der Waals surface area contributed by atoms with Gasteiger partial charge in [-0.25, -0.2) is 0 Å². The van der Waals surface area contributed by atoms with Crippen molar-refractivity contribution in [2.45, 2.75) is 38.1 Å². The lowest BCUT2D eigenvalue weighted by Gasteiger charge is -2.21. The Hall–Kier alpha value is -1.70. The first-order chi connectivity index (χ1) is 9.74. The van der Waals surface area contributed by atoms with Crippen LogP contribution >= 0.6 is 0 Å². The normalized spacial score (nSPS) is 23.7. The molecule has 2 aliphatic rings. The summed E-state index contributed by atoms with van der Waals surface area (Å²) in [6, 6.07) is 0.268. The zero-order valence-corrected chi connectivity index (χ0v) is 12.2. The van der Waals surface area contributed by atoms with E-state index in [1.165, 1.54) is 12.8 Å². The Morgan fingerprint density at radius 2 is 2.15 bits per heavy atom. The van der Waals surface area contributed by atoms with Crippen molar-refractivity contribution in [2.24, 2.45) is 10.9 Å². The molecule has 1 atom stereocenters. The van der Waals surface area contributed by atoms with Gasteiger partial charge in [-0.2, -0.15) is 0 Å². The van der Waals surface area contributed by atoms with Crippen LogP contribution in [0.2, 0.25) is 0 Å². The van der Waals surface area contributed by atoms with E-state index in [0.29, 0.717) is 18.4 Å². The maximum absolute atomic E-state index is 12.3. The molecule has 0 aromatic rings. The average molecular weight is 276 g/mol. The van der Waals surface area contributed by atoms with Crippen molar-refractivity contribution >= 4 is 11.9 Å². The minimum atomic E-state index is 0.268. The molecule has 2 fully saturated rings. The lowest BCUT2D eigenvalue weighted by atomic mass is 10.1. The number of rotatable bonds is 3. The summed E-state index contributed by atoms with van der Waals surface area (Å²) in [6.45, 7) is 2.07. The van der Waals surface area contributed by atoms with E-state index in [9.17, 15) is 4.79 Å². The fourth-order valence-electron chi connectivity index (χ4n) is 3.03. The number of carbonyl (C=O) groups excluding carboxylic acids is 1. The Morgan fingerprint density at radius 3 is 2.80 bits per heavy atom. The van der Waals surface area contributed by atoms with Crippen LogP contribution in [0.1, 0.15) is 32.1 Å². The Balaban J connectivity index is 1.79. The molecule has 1 saturated heterocycles. The van der Waals surface area contributed by atoms with Crippen LogP contribution in [0, 0.1) is 18.3 Å². The minimum Gasteiger partial charge on any atom is -0.352 e. The lowest BCUT2D eigenvalue weighted by molar-refractivity contribution is -0.134. The molecule has 1 heterocycles. The maximum Gasteiger partial charge on any atom is 0.225 e. The molecule has 5 nitrogen and oxygen atoms in total. The minimum absolute atomic E-state index is 0.268. The maximum atomic E-state index is 12.3. The molecule has 0 radical (unpaired) electrons. The van der Waals surface area contributed by atoms with Gasteiger partial charge in [-0.15, -0.1) is 6.42 Å². The van der Waals surface area contributed by atoms with Crippen molar-refractivity contribution in [3.05, 3.63) is 0 Å². The quantitative estimate of drug-likeness (QED) is 0.450. The Kier molecular flexibility index (Phi) is 5.28. The van der Waals surface area contributed by atoms with Crippen LogP contribution in [0.15, 0.2) is 4.99 Å². The van der Waals surface area contributed by atoms with E-state index in [0.717, 1.165) is 32.4 Å². The zero-order valence-electron chi connectivity index (χ0n) is 12.2. The first-order valence-electron chi connectivity index (χ1n) is 7.44. The number of hydrogen-bond acceptors (Lipinski definition) is 2. The SMILES string of the molecule is C#CCNC(=NC)NC1CCN(C(=O)C2CCCC2)C1. The van der Waals surface area contributed by atoms with Crippen molar-refractivity contribution in [3.63, 3.8) is 0 Å². The van der Waals surface area contributed by atoms with Crippen LogP contribution in [0.5, 0.6) is 0 Å². The summed E-state index contributed by atoms with van der Waals surface area (Å²) in [7, 11) is 1.72. The summed E-state index contributed by atoms with van der Waals surface area (Å²) >= 11 is 0. The third kappa shape index (κ3) is 3.66. The summed E-state index contributed by atoms with van der Waals surface area (Å²) in [5.41, 5.74) is 0. The molecule has 20 heavy (non-hydrogen) atoms. The highest BCUT2D eigenvalue weighted by Crippen LogP contribution is 2.27. The van der Waals surface area contributed by atoms with E-state index < -0.39 is 0 Å². The number of likely N-dealkylation sites (tertiary alicyclic amines) is 1. The van der Waals surface area contributed by atoms with Crippen LogP contribution in [0.25, 0.3) is 0 Å². The van der Waals surface area contributed by atoms with E-state index in [2.05, 4.69) is 21.5 Å². The third-order valence-corrected chi connectivity index (χ3v) is 4.13. The van der Waals surface area contributed by atoms with Gasteiger partial charge in [0.25, 0.3) is 0 Å². The fourth-order valence-corrected chi connectivity index (χ4v) is 3.03. The fraction of sp³-hybridized carbons (Fsp3) is 0.733. The molecule has 0 spiro atoms. The first-order valence-corrected chi connectivity index (χ1v) is 7.44. The topological polar surface area (TPSA) is 56.7 Å². The summed E-state index contributed by atoms with van der Waals surface area (Å²) in [4.78, 5) is 18.5. The second kappa shape index (κ2) is 7.18. The standard InChI is InChI=1S/C15H24N4O/c1-3-9-17-15(16-2)18-13-8-10-19(11-13)14(20)12-6-4-5-7-12/h1,12-13H,4-11H2,2H3,(H2,16,17,18). The van der Waals surface area contributed by atoms with E-state index in [1.807, 2.05) is 4.90 Å². The van der Waals surface area contributed by atoms with Crippen molar-refractivity contribution < 1.29 is 4.79 Å². The molecule has 1 aliphatic carbocycles. The molecular weight excluding hydrogens is 252 g/mol. The number of amides is 1. The van der Waals surface area contributed by atoms with E-state index in [-0.39, 0.29) is 12.0 Å². The smallest absolute Gasteiger partial charge is 0.225 e. The third-order valence-electron chi connectivity index (χ3n) is 4.13. The molecule has 5 heteroatoms. The van der Waals surface area contributed by atoms with Gasteiger partial charge >= 0.3 is 0 Å². The van der Waals surface area contributed by atoms with Crippen LogP contribution in [0.3, 0.4) is 0 Å². The van der Waals surface area contributed by atoms with Gasteiger partial charge in [0.2, 0.25) is 5.91 Å². The number of aliphatic imine (C=N–C) groups is 1. The van der Waals surface area contributed by atoms with Crippen molar-refractivity contribution in [3.8, 4) is 12.3 Å². The van der Waals surface area contributed by atoms with E-state index in [1.54, 1.807) is 7.05 Å². The molecule has 1 unspecified atom stereocenters. The van der Waals surface area contributed by atoms with E-state index in [4.69, 9.17) is 6.42 Å². The van der Waals surface area contributed by atoms with Gasteiger partial charge in [-0.3, -0.25) is 9.79 Å². The van der Waals surface area contributed by atoms with Crippen LogP contribution < -0.4 is 10.6 Å². The highest BCUT2D eigenvalue weighted by Gasteiger charge is 2.32. The van der Waals surface area contributed by atoms with Gasteiger partial charge in [0, 0.05) is 32.1 Å². The van der Waals surface area contributed by atoms with Crippen LogP contribution in [-0.4, -0.2) is 49.5 Å². The monoisotopic (exact) mass is 276 g/mol. The number of nitrogens with zero attached hydrogens (tertiary/aromatic N) is 2. The Morgan fingerprint density at radius 1 is 1.40 bits per heavy atom. The molecule has 0 aromatic heterocycles. The van der Waals surface area contributed by atoms with Gasteiger partial charge in [0.15, 0.2) is 5.96 Å². The first kappa shape index (κ1) is 14.7. The predicted octanol–water partition coefficient (Wildman–Crippen LogP) is 0.576. The molecule has 2 N–H and O–H groups in total. The number of guanidine groups is 1. The molecular formula is C15H24N4O. The molecule has 1 amide bonds. The van der Waals surface area contributed by atoms with Gasteiger partial charge in [0.1, 0.15) is 0 Å². The highest BCUT2D eigenvalue weighted by molar-refractivity contribution is 5.81. The second-order valence-electron chi connectivity index (χ2n) is 5.53. The van der Waals surface area contributed by atoms with Crippen LogP contribution in [0.4, 0.5) is 0 Å². The van der Waals surface area contributed by atoms with Crippen molar-refractivity contribution in [1.29, 1.82) is 0 Å². The molecule has 0 aromatic carbocycles. The summed E-state index contributed by atoms with van der Waals surface area (Å²) in [5, 5.41) is 6.37.